The predicted octanol–water partition coefficient (Wildman–Crippen LogP) is 4.45. The molecule has 0 spiro atoms. The van der Waals surface area contributed by atoms with E-state index in [9.17, 15) is 4.79 Å². The highest BCUT2D eigenvalue weighted by molar-refractivity contribution is 14.1. The number of hydrogen-bond acceptors (Lipinski definition) is 3. The molecule has 0 amide bonds. The molecule has 2 aromatic carbocycles. The Morgan fingerprint density at radius 3 is 2.68 bits per heavy atom. The zero-order valence-corrected chi connectivity index (χ0v) is 14.5. The number of carboxylic acid groups (broad SMARTS) is 1. The van der Waals surface area contributed by atoms with Gasteiger partial charge in [0.05, 0.1) is 21.4 Å². The molecule has 2 rings (SSSR count). The Kier molecular flexibility index (Phi) is 5.54. The molecule has 0 saturated carbocycles. The summed E-state index contributed by atoms with van der Waals surface area (Å²) < 4.78 is 6.53. The first-order chi connectivity index (χ1) is 10.5. The van der Waals surface area contributed by atoms with Gasteiger partial charge in [-0.05, 0) is 84.0 Å². The molecule has 0 bridgehead atoms. The number of benzene rings is 2. The zero-order chi connectivity index (χ0) is 16.1. The van der Waals surface area contributed by atoms with Gasteiger partial charge in [-0.3, -0.25) is 4.99 Å². The molecule has 0 heterocycles. The Bertz CT molecular complexity index is 726. The minimum Gasteiger partial charge on any atom is -0.493 e. The Labute approximate surface area is 143 Å². The Morgan fingerprint density at radius 1 is 1.32 bits per heavy atom. The van der Waals surface area contributed by atoms with Crippen molar-refractivity contribution in [2.75, 3.05) is 6.61 Å². The van der Waals surface area contributed by atoms with Crippen molar-refractivity contribution in [3.8, 4) is 5.75 Å². The van der Waals surface area contributed by atoms with Crippen molar-refractivity contribution in [2.24, 2.45) is 4.99 Å². The second-order valence-corrected chi connectivity index (χ2v) is 5.85. The first-order valence-electron chi connectivity index (χ1n) is 6.81. The summed E-state index contributed by atoms with van der Waals surface area (Å²) in [6.45, 7) is 4.44. The van der Waals surface area contributed by atoms with Gasteiger partial charge in [0.1, 0.15) is 5.75 Å². The molecule has 0 atom stereocenters. The van der Waals surface area contributed by atoms with Crippen LogP contribution in [-0.4, -0.2) is 23.9 Å². The minimum absolute atomic E-state index is 0.270. The van der Waals surface area contributed by atoms with E-state index in [0.717, 1.165) is 26.1 Å². The molecule has 0 aromatic heterocycles. The summed E-state index contributed by atoms with van der Waals surface area (Å²) in [5.74, 6) is -0.0677. The van der Waals surface area contributed by atoms with Gasteiger partial charge in [0.25, 0.3) is 0 Å². The maximum absolute atomic E-state index is 10.9. The zero-order valence-electron chi connectivity index (χ0n) is 12.3. The summed E-state index contributed by atoms with van der Waals surface area (Å²) >= 11 is 2.23. The fourth-order valence-corrected chi connectivity index (χ4v) is 2.64. The Morgan fingerprint density at radius 2 is 2.09 bits per heavy atom. The van der Waals surface area contributed by atoms with Crippen molar-refractivity contribution in [2.45, 2.75) is 13.8 Å². The standard InChI is InChI=1S/C17H16INO3/c1-3-22-16-7-4-12(9-14(16)18)10-19-15-6-5-13(17(20)21)8-11(15)2/h4-10H,3H2,1-2H3,(H,20,21). The molecule has 22 heavy (non-hydrogen) atoms. The summed E-state index contributed by atoms with van der Waals surface area (Å²) in [5, 5.41) is 8.96. The fourth-order valence-electron chi connectivity index (χ4n) is 1.95. The highest BCUT2D eigenvalue weighted by Crippen LogP contribution is 2.23. The van der Waals surface area contributed by atoms with E-state index in [2.05, 4.69) is 27.6 Å². The van der Waals surface area contributed by atoms with E-state index in [-0.39, 0.29) is 5.56 Å². The van der Waals surface area contributed by atoms with Gasteiger partial charge in [-0.15, -0.1) is 0 Å². The summed E-state index contributed by atoms with van der Waals surface area (Å²) in [7, 11) is 0. The van der Waals surface area contributed by atoms with E-state index in [0.29, 0.717) is 6.61 Å². The number of carboxylic acids is 1. The lowest BCUT2D eigenvalue weighted by molar-refractivity contribution is 0.0697. The minimum atomic E-state index is -0.931. The molecule has 0 saturated heterocycles. The second-order valence-electron chi connectivity index (χ2n) is 4.69. The highest BCUT2D eigenvalue weighted by Gasteiger charge is 2.05. The van der Waals surface area contributed by atoms with E-state index in [1.54, 1.807) is 24.4 Å². The molecule has 2 aromatic rings. The number of aryl methyl sites for hydroxylation is 1. The number of aromatic carboxylic acids is 1. The van der Waals surface area contributed by atoms with Gasteiger partial charge in [-0.2, -0.15) is 0 Å². The van der Waals surface area contributed by atoms with Crippen LogP contribution in [-0.2, 0) is 0 Å². The van der Waals surface area contributed by atoms with Crippen molar-refractivity contribution < 1.29 is 14.6 Å². The lowest BCUT2D eigenvalue weighted by atomic mass is 10.1. The topological polar surface area (TPSA) is 58.9 Å². The maximum atomic E-state index is 10.9. The second kappa shape index (κ2) is 7.40. The molecule has 0 aliphatic heterocycles. The molecule has 5 heteroatoms. The summed E-state index contributed by atoms with van der Waals surface area (Å²) in [6.07, 6.45) is 1.76. The summed E-state index contributed by atoms with van der Waals surface area (Å²) in [6, 6.07) is 10.8. The van der Waals surface area contributed by atoms with Gasteiger partial charge in [0.15, 0.2) is 0 Å². The molecular formula is C17H16INO3. The van der Waals surface area contributed by atoms with E-state index < -0.39 is 5.97 Å². The van der Waals surface area contributed by atoms with Crippen molar-refractivity contribution in [3.05, 3.63) is 56.7 Å². The van der Waals surface area contributed by atoms with E-state index >= 15 is 0 Å². The van der Waals surface area contributed by atoms with Gasteiger partial charge in [-0.1, -0.05) is 0 Å². The van der Waals surface area contributed by atoms with Crippen LogP contribution in [0.15, 0.2) is 41.4 Å². The smallest absolute Gasteiger partial charge is 0.335 e. The normalized spacial score (nSPS) is 10.9. The molecule has 0 aliphatic carbocycles. The van der Waals surface area contributed by atoms with Crippen LogP contribution < -0.4 is 4.74 Å². The van der Waals surface area contributed by atoms with Crippen LogP contribution in [0.4, 0.5) is 5.69 Å². The summed E-state index contributed by atoms with van der Waals surface area (Å²) in [5.41, 5.74) is 2.83. The lowest BCUT2D eigenvalue weighted by Crippen LogP contribution is -1.96. The number of hydrogen-bond donors (Lipinski definition) is 1. The number of halogens is 1. The Balaban J connectivity index is 2.21. The average molecular weight is 409 g/mol. The average Bonchev–Trinajstić information content (AvgIpc) is 2.48. The third-order valence-corrected chi connectivity index (χ3v) is 3.90. The van der Waals surface area contributed by atoms with Crippen molar-refractivity contribution in [1.29, 1.82) is 0 Å². The Hall–Kier alpha value is -1.89. The molecule has 4 nitrogen and oxygen atoms in total. The fraction of sp³-hybridized carbons (Fsp3) is 0.176. The van der Waals surface area contributed by atoms with Crippen LogP contribution in [0.25, 0.3) is 0 Å². The maximum Gasteiger partial charge on any atom is 0.335 e. The molecule has 0 unspecified atom stereocenters. The molecule has 114 valence electrons. The van der Waals surface area contributed by atoms with Gasteiger partial charge < -0.3 is 9.84 Å². The molecule has 1 N–H and O–H groups in total. The number of nitrogens with zero attached hydrogens (tertiary/aromatic N) is 1. The third-order valence-electron chi connectivity index (χ3n) is 3.05. The first-order valence-corrected chi connectivity index (χ1v) is 7.89. The SMILES string of the molecule is CCOc1ccc(C=Nc2ccc(C(=O)O)cc2C)cc1I. The largest absolute Gasteiger partial charge is 0.493 e. The van der Waals surface area contributed by atoms with Crippen molar-refractivity contribution >= 4 is 40.5 Å². The monoisotopic (exact) mass is 409 g/mol. The molecule has 0 aliphatic rings. The van der Waals surface area contributed by atoms with Crippen molar-refractivity contribution in [1.82, 2.24) is 0 Å². The van der Waals surface area contributed by atoms with Gasteiger partial charge in [0.2, 0.25) is 0 Å². The van der Waals surface area contributed by atoms with Crippen LogP contribution in [0.2, 0.25) is 0 Å². The van der Waals surface area contributed by atoms with Crippen molar-refractivity contribution in [3.63, 3.8) is 0 Å². The van der Waals surface area contributed by atoms with E-state index in [1.807, 2.05) is 32.0 Å². The van der Waals surface area contributed by atoms with Gasteiger partial charge in [-0.25, -0.2) is 4.79 Å². The lowest BCUT2D eigenvalue weighted by Gasteiger charge is -2.06. The number of ether oxygens (including phenoxy) is 1. The number of aliphatic imine (C=N–C) groups is 1. The number of carbonyl (C=O) groups is 1. The van der Waals surface area contributed by atoms with Crippen LogP contribution in [0.1, 0.15) is 28.4 Å². The molecular weight excluding hydrogens is 393 g/mol. The van der Waals surface area contributed by atoms with E-state index in [4.69, 9.17) is 9.84 Å². The highest BCUT2D eigenvalue weighted by atomic mass is 127. The number of rotatable bonds is 5. The first kappa shape index (κ1) is 16.5. The van der Waals surface area contributed by atoms with Gasteiger partial charge >= 0.3 is 5.97 Å². The van der Waals surface area contributed by atoms with E-state index in [1.165, 1.54) is 0 Å². The predicted molar refractivity (Wildman–Crippen MR) is 95.7 cm³/mol. The molecule has 0 fully saturated rings. The molecule has 0 radical (unpaired) electrons. The van der Waals surface area contributed by atoms with Gasteiger partial charge in [0, 0.05) is 6.21 Å². The van der Waals surface area contributed by atoms with Crippen LogP contribution >= 0.6 is 22.6 Å². The summed E-state index contributed by atoms with van der Waals surface area (Å²) in [4.78, 5) is 15.3. The van der Waals surface area contributed by atoms with Crippen LogP contribution in [0.3, 0.4) is 0 Å². The van der Waals surface area contributed by atoms with Crippen LogP contribution in [0.5, 0.6) is 5.75 Å². The quantitative estimate of drug-likeness (QED) is 0.587. The third kappa shape index (κ3) is 4.07. The van der Waals surface area contributed by atoms with Crippen LogP contribution in [0, 0.1) is 10.5 Å².